The van der Waals surface area contributed by atoms with Crippen molar-refractivity contribution in [1.82, 2.24) is 4.98 Å². The van der Waals surface area contributed by atoms with Crippen molar-refractivity contribution in [2.45, 2.75) is 12.0 Å². The minimum Gasteiger partial charge on any atom is -0.481 e. The molecule has 0 unspecified atom stereocenters. The second-order valence-corrected chi connectivity index (χ2v) is 6.18. The molecular formula is C17H14ClN3O3. The van der Waals surface area contributed by atoms with Crippen LogP contribution in [0.4, 0.5) is 11.4 Å². The number of ketones is 1. The fraction of sp³-hybridized carbons (Fsp3) is 0.235. The number of rotatable bonds is 2. The number of aliphatic imine (C=N–C) groups is 1. The number of pyridine rings is 1. The number of benzene rings is 1. The number of Topliss-reactive ketones (excluding diaryl/α,β-unsaturated/α-hetero) is 1. The van der Waals surface area contributed by atoms with E-state index in [1.165, 1.54) is 7.11 Å². The summed E-state index contributed by atoms with van der Waals surface area (Å²) in [6.45, 7) is 0.468. The number of aliphatic hydroxyl groups is 1. The lowest BCUT2D eigenvalue weighted by molar-refractivity contribution is 0.0602. The molecule has 2 aromatic rings. The Kier molecular flexibility index (Phi) is 3.33. The molecule has 2 aliphatic heterocycles. The van der Waals surface area contributed by atoms with Crippen LogP contribution in [-0.4, -0.2) is 41.0 Å². The Morgan fingerprint density at radius 1 is 1.33 bits per heavy atom. The van der Waals surface area contributed by atoms with Gasteiger partial charge in [-0.15, -0.1) is 0 Å². The lowest BCUT2D eigenvalue weighted by Crippen LogP contribution is -2.48. The average Bonchev–Trinajstić information content (AvgIpc) is 2.94. The van der Waals surface area contributed by atoms with Gasteiger partial charge in [-0.25, -0.2) is 9.98 Å². The van der Waals surface area contributed by atoms with Gasteiger partial charge in [0.2, 0.25) is 11.7 Å². The van der Waals surface area contributed by atoms with Gasteiger partial charge in [0.15, 0.2) is 5.60 Å². The van der Waals surface area contributed by atoms with Gasteiger partial charge in [0.1, 0.15) is 5.84 Å². The SMILES string of the molecule is COc1cc(N2CC[C@@]3(O)C(=O)c4cc(Cl)ccc4N=C23)ccn1. The first kappa shape index (κ1) is 15.1. The summed E-state index contributed by atoms with van der Waals surface area (Å²) in [6, 6.07) is 8.45. The van der Waals surface area contributed by atoms with E-state index >= 15 is 0 Å². The topological polar surface area (TPSA) is 75.0 Å². The number of fused-ring (bicyclic) bond motifs is 2. The molecule has 1 aromatic carbocycles. The first-order valence-electron chi connectivity index (χ1n) is 7.46. The van der Waals surface area contributed by atoms with Crippen LogP contribution in [0.1, 0.15) is 16.8 Å². The number of amidine groups is 1. The molecule has 24 heavy (non-hydrogen) atoms. The Hall–Kier alpha value is -2.44. The average molecular weight is 344 g/mol. The molecule has 0 saturated carbocycles. The Labute approximate surface area is 143 Å². The highest BCUT2D eigenvalue weighted by Crippen LogP contribution is 2.40. The van der Waals surface area contributed by atoms with E-state index in [9.17, 15) is 9.90 Å². The maximum absolute atomic E-state index is 12.8. The van der Waals surface area contributed by atoms with Crippen LogP contribution in [0, 0.1) is 0 Å². The summed E-state index contributed by atoms with van der Waals surface area (Å²) in [5, 5.41) is 11.4. The molecule has 7 heteroatoms. The lowest BCUT2D eigenvalue weighted by Gasteiger charge is -2.29. The van der Waals surface area contributed by atoms with E-state index in [0.29, 0.717) is 34.5 Å². The van der Waals surface area contributed by atoms with Gasteiger partial charge in [0, 0.05) is 41.5 Å². The van der Waals surface area contributed by atoms with E-state index in [0.717, 1.165) is 5.69 Å². The van der Waals surface area contributed by atoms with Crippen LogP contribution in [0.15, 0.2) is 41.5 Å². The molecule has 3 heterocycles. The predicted molar refractivity (Wildman–Crippen MR) is 90.6 cm³/mol. The van der Waals surface area contributed by atoms with E-state index in [1.807, 2.05) is 4.90 Å². The zero-order valence-electron chi connectivity index (χ0n) is 12.9. The monoisotopic (exact) mass is 343 g/mol. The summed E-state index contributed by atoms with van der Waals surface area (Å²) in [6.07, 6.45) is 1.88. The van der Waals surface area contributed by atoms with Gasteiger partial charge < -0.3 is 14.7 Å². The molecule has 1 atom stereocenters. The molecular weight excluding hydrogens is 330 g/mol. The van der Waals surface area contributed by atoms with Crippen LogP contribution >= 0.6 is 11.6 Å². The predicted octanol–water partition coefficient (Wildman–Crippen LogP) is 2.61. The minimum atomic E-state index is -1.63. The van der Waals surface area contributed by atoms with Crippen molar-refractivity contribution in [3.05, 3.63) is 47.1 Å². The van der Waals surface area contributed by atoms with Crippen molar-refractivity contribution >= 4 is 34.6 Å². The molecule has 0 aliphatic carbocycles. The number of hydrogen-bond acceptors (Lipinski definition) is 6. The Morgan fingerprint density at radius 2 is 2.17 bits per heavy atom. The third-order valence-corrected chi connectivity index (χ3v) is 4.60. The fourth-order valence-electron chi connectivity index (χ4n) is 3.14. The zero-order chi connectivity index (χ0) is 16.9. The standard InChI is InChI=1S/C17H14ClN3O3/c1-24-14-9-11(4-6-19-14)21-7-5-17(23)15(22)12-8-10(18)2-3-13(12)20-16(17)21/h2-4,6,8-9,23H,5,7H2,1H3/t17-/m1/s1. The molecule has 1 aromatic heterocycles. The Bertz CT molecular complexity index is 883. The molecule has 2 aliphatic rings. The number of hydrogen-bond donors (Lipinski definition) is 1. The minimum absolute atomic E-state index is 0.265. The van der Waals surface area contributed by atoms with Gasteiger partial charge in [-0.3, -0.25) is 4.79 Å². The van der Waals surface area contributed by atoms with Crippen molar-refractivity contribution in [3.8, 4) is 5.88 Å². The van der Waals surface area contributed by atoms with Crippen molar-refractivity contribution in [2.24, 2.45) is 4.99 Å². The normalized spacial score (nSPS) is 22.0. The summed E-state index contributed by atoms with van der Waals surface area (Å²) in [4.78, 5) is 23.3. The second-order valence-electron chi connectivity index (χ2n) is 5.74. The Balaban J connectivity index is 1.84. The van der Waals surface area contributed by atoms with Crippen molar-refractivity contribution in [2.75, 3.05) is 18.6 Å². The number of aromatic nitrogens is 1. The highest BCUT2D eigenvalue weighted by molar-refractivity contribution is 6.33. The third kappa shape index (κ3) is 2.11. The summed E-state index contributed by atoms with van der Waals surface area (Å²) in [7, 11) is 1.54. The van der Waals surface area contributed by atoms with Gasteiger partial charge in [0.25, 0.3) is 0 Å². The highest BCUT2D eigenvalue weighted by Gasteiger charge is 2.52. The largest absolute Gasteiger partial charge is 0.481 e. The van der Waals surface area contributed by atoms with Crippen molar-refractivity contribution < 1.29 is 14.6 Å². The lowest BCUT2D eigenvalue weighted by atomic mass is 9.88. The fourth-order valence-corrected chi connectivity index (χ4v) is 3.31. The van der Waals surface area contributed by atoms with Gasteiger partial charge in [0.05, 0.1) is 12.8 Å². The number of carbonyl (C=O) groups is 1. The molecule has 122 valence electrons. The molecule has 4 rings (SSSR count). The van der Waals surface area contributed by atoms with Crippen LogP contribution in [0.5, 0.6) is 5.88 Å². The quantitative estimate of drug-likeness (QED) is 0.907. The van der Waals surface area contributed by atoms with E-state index in [2.05, 4.69) is 9.98 Å². The molecule has 1 saturated heterocycles. The molecule has 0 bridgehead atoms. The van der Waals surface area contributed by atoms with Gasteiger partial charge in [-0.2, -0.15) is 0 Å². The van der Waals surface area contributed by atoms with Crippen LogP contribution in [0.2, 0.25) is 5.02 Å². The maximum Gasteiger partial charge on any atom is 0.214 e. The zero-order valence-corrected chi connectivity index (χ0v) is 13.6. The number of nitrogens with zero attached hydrogens (tertiary/aromatic N) is 3. The molecule has 1 fully saturated rings. The van der Waals surface area contributed by atoms with Crippen molar-refractivity contribution in [1.29, 1.82) is 0 Å². The molecule has 0 spiro atoms. The van der Waals surface area contributed by atoms with E-state index in [1.54, 1.807) is 36.5 Å². The number of halogens is 1. The second kappa shape index (κ2) is 5.29. The summed E-state index contributed by atoms with van der Waals surface area (Å²) in [5.41, 5.74) is -0.00424. The van der Waals surface area contributed by atoms with Gasteiger partial charge in [-0.05, 0) is 24.3 Å². The summed E-state index contributed by atoms with van der Waals surface area (Å²) >= 11 is 5.97. The first-order chi connectivity index (χ1) is 11.5. The van der Waals surface area contributed by atoms with Crippen LogP contribution in [0.25, 0.3) is 0 Å². The van der Waals surface area contributed by atoms with Crippen molar-refractivity contribution in [3.63, 3.8) is 0 Å². The molecule has 6 nitrogen and oxygen atoms in total. The number of methoxy groups -OCH3 is 1. The smallest absolute Gasteiger partial charge is 0.214 e. The first-order valence-corrected chi connectivity index (χ1v) is 7.84. The maximum atomic E-state index is 12.8. The van der Waals surface area contributed by atoms with Crippen LogP contribution < -0.4 is 9.64 Å². The van der Waals surface area contributed by atoms with E-state index in [-0.39, 0.29) is 12.2 Å². The Morgan fingerprint density at radius 3 is 2.96 bits per heavy atom. The van der Waals surface area contributed by atoms with E-state index < -0.39 is 5.60 Å². The molecule has 0 amide bonds. The number of ether oxygens (including phenoxy) is 1. The highest BCUT2D eigenvalue weighted by atomic mass is 35.5. The van der Waals surface area contributed by atoms with Gasteiger partial charge >= 0.3 is 0 Å². The third-order valence-electron chi connectivity index (χ3n) is 4.37. The summed E-state index contributed by atoms with van der Waals surface area (Å²) < 4.78 is 5.14. The number of carbonyl (C=O) groups excluding carboxylic acids is 1. The number of anilines is 1. The molecule has 1 N–H and O–H groups in total. The van der Waals surface area contributed by atoms with Gasteiger partial charge in [-0.1, -0.05) is 11.6 Å². The summed E-state index contributed by atoms with van der Waals surface area (Å²) in [5.74, 6) is 0.418. The van der Waals surface area contributed by atoms with Crippen LogP contribution in [-0.2, 0) is 0 Å². The molecule has 0 radical (unpaired) electrons. The van der Waals surface area contributed by atoms with E-state index in [4.69, 9.17) is 16.3 Å². The van der Waals surface area contributed by atoms with Crippen LogP contribution in [0.3, 0.4) is 0 Å².